The van der Waals surface area contributed by atoms with Crippen LogP contribution in [0.25, 0.3) is 0 Å². The second-order valence-corrected chi connectivity index (χ2v) is 7.85. The molecule has 0 aromatic heterocycles. The zero-order valence-corrected chi connectivity index (χ0v) is 15.5. The molecule has 3 fully saturated rings. The maximum atomic E-state index is 12.5. The van der Waals surface area contributed by atoms with E-state index in [0.717, 1.165) is 38.0 Å². The van der Waals surface area contributed by atoms with Crippen molar-refractivity contribution < 1.29 is 14.3 Å². The highest BCUT2D eigenvalue weighted by molar-refractivity contribution is 5.94. The molecule has 2 heterocycles. The summed E-state index contributed by atoms with van der Waals surface area (Å²) in [6, 6.07) is 10.2. The molecular formula is C21H30N2O3. The van der Waals surface area contributed by atoms with Crippen molar-refractivity contribution in [3.05, 3.63) is 30.3 Å². The molecular weight excluding hydrogens is 328 g/mol. The molecule has 0 radical (unpaired) electrons. The van der Waals surface area contributed by atoms with Crippen LogP contribution in [0.5, 0.6) is 0 Å². The third kappa shape index (κ3) is 4.11. The highest BCUT2D eigenvalue weighted by atomic mass is 16.7. The summed E-state index contributed by atoms with van der Waals surface area (Å²) in [6.45, 7) is 2.21. The van der Waals surface area contributed by atoms with Gasteiger partial charge in [-0.15, -0.1) is 0 Å². The summed E-state index contributed by atoms with van der Waals surface area (Å²) in [5.74, 6) is -0.126. The van der Waals surface area contributed by atoms with Crippen molar-refractivity contribution in [1.82, 2.24) is 5.32 Å². The topological polar surface area (TPSA) is 50.8 Å². The fourth-order valence-corrected chi connectivity index (χ4v) is 4.43. The van der Waals surface area contributed by atoms with Crippen LogP contribution in [-0.2, 0) is 14.3 Å². The number of carbonyl (C=O) groups excluding carboxylic acids is 1. The molecule has 1 N–H and O–H groups in total. The molecule has 1 amide bonds. The quantitative estimate of drug-likeness (QED) is 0.898. The smallest absolute Gasteiger partial charge is 0.228 e. The average molecular weight is 358 g/mol. The first-order valence-corrected chi connectivity index (χ1v) is 10.1. The monoisotopic (exact) mass is 358 g/mol. The first-order valence-electron chi connectivity index (χ1n) is 10.1. The molecule has 5 heteroatoms. The summed E-state index contributed by atoms with van der Waals surface area (Å²) in [4.78, 5) is 14.4. The third-order valence-corrected chi connectivity index (χ3v) is 5.90. The van der Waals surface area contributed by atoms with E-state index in [2.05, 4.69) is 5.32 Å². The Labute approximate surface area is 156 Å². The van der Waals surface area contributed by atoms with Crippen molar-refractivity contribution in [1.29, 1.82) is 0 Å². The Balaban J connectivity index is 1.24. The Hall–Kier alpha value is -1.43. The highest BCUT2D eigenvalue weighted by Gasteiger charge is 2.41. The molecule has 1 spiro atoms. The summed E-state index contributed by atoms with van der Waals surface area (Å²) >= 11 is 0. The van der Waals surface area contributed by atoms with Gasteiger partial charge in [0.2, 0.25) is 5.91 Å². The summed E-state index contributed by atoms with van der Waals surface area (Å²) in [5, 5.41) is 3.55. The number of rotatable bonds is 4. The van der Waals surface area contributed by atoms with Gasteiger partial charge >= 0.3 is 0 Å². The number of ether oxygens (including phenoxy) is 2. The minimum Gasteiger partial charge on any atom is -0.347 e. The number of hydrogen-bond acceptors (Lipinski definition) is 4. The van der Waals surface area contributed by atoms with Gasteiger partial charge in [-0.25, -0.2) is 0 Å². The predicted molar refractivity (Wildman–Crippen MR) is 101 cm³/mol. The molecule has 1 aromatic carbocycles. The molecule has 2 unspecified atom stereocenters. The number of hydrogen-bond donors (Lipinski definition) is 1. The van der Waals surface area contributed by atoms with Crippen molar-refractivity contribution in [3.63, 3.8) is 0 Å². The van der Waals surface area contributed by atoms with Gasteiger partial charge in [0.05, 0.1) is 12.7 Å². The number of amides is 1. The van der Waals surface area contributed by atoms with Crippen LogP contribution >= 0.6 is 0 Å². The van der Waals surface area contributed by atoms with Crippen LogP contribution in [0.1, 0.15) is 51.4 Å². The average Bonchev–Trinajstić information content (AvgIpc) is 2.92. The number of benzene rings is 1. The second-order valence-electron chi connectivity index (χ2n) is 7.85. The van der Waals surface area contributed by atoms with Crippen LogP contribution in [0.15, 0.2) is 30.3 Å². The van der Waals surface area contributed by atoms with Gasteiger partial charge in [0.15, 0.2) is 5.79 Å². The number of nitrogens with one attached hydrogen (secondary N) is 1. The highest BCUT2D eigenvalue weighted by Crippen LogP contribution is 2.36. The lowest BCUT2D eigenvalue weighted by molar-refractivity contribution is -0.175. The maximum Gasteiger partial charge on any atom is 0.228 e. The van der Waals surface area contributed by atoms with Crippen molar-refractivity contribution in [2.75, 3.05) is 24.6 Å². The van der Waals surface area contributed by atoms with E-state index < -0.39 is 0 Å². The molecule has 26 heavy (non-hydrogen) atoms. The zero-order chi connectivity index (χ0) is 17.8. The van der Waals surface area contributed by atoms with Crippen molar-refractivity contribution in [3.8, 4) is 0 Å². The summed E-state index contributed by atoms with van der Waals surface area (Å²) in [5.41, 5.74) is 0.999. The third-order valence-electron chi connectivity index (χ3n) is 5.90. The lowest BCUT2D eigenvalue weighted by atomic mass is 10.0. The van der Waals surface area contributed by atoms with Gasteiger partial charge < -0.3 is 19.7 Å². The molecule has 0 bridgehead atoms. The maximum absolute atomic E-state index is 12.5. The van der Waals surface area contributed by atoms with Gasteiger partial charge in [-0.1, -0.05) is 31.0 Å². The van der Waals surface area contributed by atoms with E-state index in [4.69, 9.17) is 9.47 Å². The predicted octanol–water partition coefficient (Wildman–Crippen LogP) is 3.24. The van der Waals surface area contributed by atoms with Crippen LogP contribution in [0.3, 0.4) is 0 Å². The van der Waals surface area contributed by atoms with Gasteiger partial charge in [-0.2, -0.15) is 0 Å². The van der Waals surface area contributed by atoms with Crippen molar-refractivity contribution in [2.45, 2.75) is 69.3 Å². The standard InChI is InChI=1S/C21H30N2O3/c24-20-14-17(10-13-23(20)18-8-4-3-5-9-18)22-15-19-16-25-21(26-19)11-6-1-2-7-12-21/h3-5,8-9,17,19,22H,1-2,6-7,10-16H2. The zero-order valence-electron chi connectivity index (χ0n) is 15.5. The van der Waals surface area contributed by atoms with Crippen LogP contribution in [-0.4, -0.2) is 43.5 Å². The molecule has 2 aliphatic heterocycles. The van der Waals surface area contributed by atoms with E-state index in [1.165, 1.54) is 25.7 Å². The first-order chi connectivity index (χ1) is 12.7. The van der Waals surface area contributed by atoms with Crippen LogP contribution in [0.4, 0.5) is 5.69 Å². The Kier molecular flexibility index (Phi) is 5.57. The normalized spacial score (nSPS) is 29.1. The molecule has 1 aromatic rings. The largest absolute Gasteiger partial charge is 0.347 e. The first kappa shape index (κ1) is 18.0. The Morgan fingerprint density at radius 2 is 1.88 bits per heavy atom. The van der Waals surface area contributed by atoms with Crippen LogP contribution in [0, 0.1) is 0 Å². The molecule has 1 saturated carbocycles. The number of nitrogens with zero attached hydrogens (tertiary/aromatic N) is 1. The number of carbonyl (C=O) groups is 1. The van der Waals surface area contributed by atoms with Crippen LogP contribution in [0.2, 0.25) is 0 Å². The Bertz CT molecular complexity index is 599. The van der Waals surface area contributed by atoms with Gasteiger partial charge in [-0.3, -0.25) is 4.79 Å². The lowest BCUT2D eigenvalue weighted by Crippen LogP contribution is -2.48. The summed E-state index contributed by atoms with van der Waals surface area (Å²) < 4.78 is 12.4. The van der Waals surface area contributed by atoms with Gasteiger partial charge in [-0.05, 0) is 31.4 Å². The van der Waals surface area contributed by atoms with Crippen molar-refractivity contribution in [2.24, 2.45) is 0 Å². The molecule has 3 aliphatic rings. The van der Waals surface area contributed by atoms with E-state index in [9.17, 15) is 4.79 Å². The van der Waals surface area contributed by atoms with E-state index in [1.54, 1.807) is 0 Å². The fraction of sp³-hybridized carbons (Fsp3) is 0.667. The molecule has 5 nitrogen and oxygen atoms in total. The molecule has 142 valence electrons. The van der Waals surface area contributed by atoms with E-state index >= 15 is 0 Å². The van der Waals surface area contributed by atoms with Gasteiger partial charge in [0.1, 0.15) is 0 Å². The molecule has 4 rings (SSSR count). The van der Waals surface area contributed by atoms with E-state index in [0.29, 0.717) is 13.0 Å². The summed E-state index contributed by atoms with van der Waals surface area (Å²) in [7, 11) is 0. The second kappa shape index (κ2) is 8.07. The van der Waals surface area contributed by atoms with Crippen molar-refractivity contribution >= 4 is 11.6 Å². The minimum atomic E-state index is -0.324. The molecule has 2 saturated heterocycles. The van der Waals surface area contributed by atoms with E-state index in [1.807, 2.05) is 35.2 Å². The number of piperidine rings is 1. The Morgan fingerprint density at radius 1 is 1.12 bits per heavy atom. The van der Waals surface area contributed by atoms with Gasteiger partial charge in [0, 0.05) is 44.1 Å². The minimum absolute atomic E-state index is 0.107. The van der Waals surface area contributed by atoms with Crippen LogP contribution < -0.4 is 10.2 Å². The fourth-order valence-electron chi connectivity index (χ4n) is 4.43. The SMILES string of the molecule is O=C1CC(NCC2COC3(CCCCCC3)O2)CCN1c1ccccc1. The van der Waals surface area contributed by atoms with Gasteiger partial charge in [0.25, 0.3) is 0 Å². The van der Waals surface area contributed by atoms with E-state index in [-0.39, 0.29) is 23.8 Å². The molecule has 1 aliphatic carbocycles. The number of para-hydroxylation sites is 1. The number of anilines is 1. The molecule has 2 atom stereocenters. The summed E-state index contributed by atoms with van der Waals surface area (Å²) in [6.07, 6.45) is 8.66. The Morgan fingerprint density at radius 3 is 2.62 bits per heavy atom. The lowest BCUT2D eigenvalue weighted by Gasteiger charge is -2.33.